The number of methoxy groups -OCH3 is 1. The number of aryl methyl sites for hydroxylation is 1. The van der Waals surface area contributed by atoms with Crippen LogP contribution in [0.2, 0.25) is 0 Å². The molecule has 0 aromatic heterocycles. The van der Waals surface area contributed by atoms with E-state index >= 15 is 0 Å². The van der Waals surface area contributed by atoms with Gasteiger partial charge in [0.05, 0.1) is 18.0 Å². The lowest BCUT2D eigenvalue weighted by atomic mass is 10.1. The van der Waals surface area contributed by atoms with E-state index in [0.29, 0.717) is 0 Å². The van der Waals surface area contributed by atoms with Gasteiger partial charge < -0.3 is 14.5 Å². The predicted molar refractivity (Wildman–Crippen MR) is 79.9 cm³/mol. The molecule has 3 nitrogen and oxygen atoms in total. The van der Waals surface area contributed by atoms with Gasteiger partial charge in [-0.2, -0.15) is 0 Å². The third kappa shape index (κ3) is 3.39. The van der Waals surface area contributed by atoms with E-state index in [9.17, 15) is 0 Å². The van der Waals surface area contributed by atoms with Crippen LogP contribution < -0.4 is 9.80 Å². The molecule has 18 heavy (non-hydrogen) atoms. The van der Waals surface area contributed by atoms with Crippen LogP contribution >= 0.6 is 0 Å². The summed E-state index contributed by atoms with van der Waals surface area (Å²) in [5, 5.41) is 0. The largest absolute Gasteiger partial charge is 0.383 e. The fourth-order valence-electron chi connectivity index (χ4n) is 2.15. The van der Waals surface area contributed by atoms with Gasteiger partial charge >= 0.3 is 0 Å². The maximum absolute atomic E-state index is 5.16. The van der Waals surface area contributed by atoms with Crippen molar-refractivity contribution in [3.8, 4) is 0 Å². The van der Waals surface area contributed by atoms with Crippen LogP contribution in [0.4, 0.5) is 11.4 Å². The molecular formula is C15H26N2O. The number of hydrogen-bond donors (Lipinski definition) is 0. The zero-order chi connectivity index (χ0) is 13.5. The summed E-state index contributed by atoms with van der Waals surface area (Å²) in [4.78, 5) is 4.73. The van der Waals surface area contributed by atoms with Crippen LogP contribution in [0.3, 0.4) is 0 Å². The molecule has 0 bridgehead atoms. The molecule has 1 aromatic carbocycles. The highest BCUT2D eigenvalue weighted by Gasteiger charge is 2.19. The van der Waals surface area contributed by atoms with Crippen molar-refractivity contribution in [2.24, 2.45) is 0 Å². The smallest absolute Gasteiger partial charge is 0.0637 e. The van der Waals surface area contributed by atoms with Gasteiger partial charge in [-0.1, -0.05) is 19.9 Å². The van der Waals surface area contributed by atoms with Crippen LogP contribution in [0.25, 0.3) is 0 Å². The number of likely N-dealkylation sites (N-methyl/N-ethyl adjacent to an activating group) is 1. The SMILES string of the molecule is CC.COCCN1CCN(C)c2ccc(C)cc21. The van der Waals surface area contributed by atoms with Crippen molar-refractivity contribution in [2.75, 3.05) is 50.2 Å². The maximum Gasteiger partial charge on any atom is 0.0637 e. The first-order chi connectivity index (χ1) is 8.72. The molecule has 0 saturated heterocycles. The molecule has 0 aliphatic carbocycles. The Morgan fingerprint density at radius 1 is 1.17 bits per heavy atom. The lowest BCUT2D eigenvalue weighted by Crippen LogP contribution is -2.40. The fraction of sp³-hybridized carbons (Fsp3) is 0.600. The first kappa shape index (κ1) is 14.8. The standard InChI is InChI=1S/C13H20N2O.C2H6/c1-11-4-5-12-13(10-11)15(8-9-16-3)7-6-14(12)2;1-2/h4-5,10H,6-9H2,1-3H3;1-2H3. The number of nitrogens with zero attached hydrogens (tertiary/aromatic N) is 2. The van der Waals surface area contributed by atoms with Gasteiger partial charge in [-0.05, 0) is 24.6 Å². The Morgan fingerprint density at radius 2 is 1.89 bits per heavy atom. The van der Waals surface area contributed by atoms with E-state index in [1.165, 1.54) is 16.9 Å². The van der Waals surface area contributed by atoms with E-state index in [-0.39, 0.29) is 0 Å². The molecule has 0 spiro atoms. The Morgan fingerprint density at radius 3 is 2.56 bits per heavy atom. The first-order valence-corrected chi connectivity index (χ1v) is 6.78. The Kier molecular flexibility index (Phi) is 5.99. The van der Waals surface area contributed by atoms with Crippen molar-refractivity contribution in [3.63, 3.8) is 0 Å². The van der Waals surface area contributed by atoms with Crippen LogP contribution in [0.5, 0.6) is 0 Å². The maximum atomic E-state index is 5.16. The van der Waals surface area contributed by atoms with E-state index in [2.05, 4.69) is 42.0 Å². The van der Waals surface area contributed by atoms with Gasteiger partial charge in [0, 0.05) is 33.8 Å². The number of anilines is 2. The lowest BCUT2D eigenvalue weighted by molar-refractivity contribution is 0.205. The second kappa shape index (κ2) is 7.27. The Bertz CT molecular complexity index is 366. The van der Waals surface area contributed by atoms with Crippen molar-refractivity contribution in [2.45, 2.75) is 20.8 Å². The summed E-state index contributed by atoms with van der Waals surface area (Å²) < 4.78 is 5.16. The zero-order valence-electron chi connectivity index (χ0n) is 12.4. The third-order valence-corrected chi connectivity index (χ3v) is 3.15. The van der Waals surface area contributed by atoms with Crippen LogP contribution in [-0.2, 0) is 4.74 Å². The molecule has 1 heterocycles. The topological polar surface area (TPSA) is 15.7 Å². The fourth-order valence-corrected chi connectivity index (χ4v) is 2.15. The number of benzene rings is 1. The van der Waals surface area contributed by atoms with E-state index in [1.807, 2.05) is 13.8 Å². The predicted octanol–water partition coefficient (Wildman–Crippen LogP) is 2.92. The first-order valence-electron chi connectivity index (χ1n) is 6.78. The van der Waals surface area contributed by atoms with Crippen molar-refractivity contribution in [1.82, 2.24) is 0 Å². The van der Waals surface area contributed by atoms with Gasteiger partial charge in [0.1, 0.15) is 0 Å². The molecule has 0 N–H and O–H groups in total. The number of hydrogen-bond acceptors (Lipinski definition) is 3. The summed E-state index contributed by atoms with van der Waals surface area (Å²) >= 11 is 0. The molecule has 1 aliphatic heterocycles. The van der Waals surface area contributed by atoms with Crippen LogP contribution in [0, 0.1) is 6.92 Å². The summed E-state index contributed by atoms with van der Waals surface area (Å²) in [7, 11) is 3.91. The van der Waals surface area contributed by atoms with Crippen LogP contribution in [-0.4, -0.2) is 40.4 Å². The summed E-state index contributed by atoms with van der Waals surface area (Å²) in [6, 6.07) is 6.65. The number of fused-ring (bicyclic) bond motifs is 1. The molecule has 3 heteroatoms. The van der Waals surface area contributed by atoms with Crippen molar-refractivity contribution in [1.29, 1.82) is 0 Å². The average Bonchev–Trinajstić information content (AvgIpc) is 2.40. The molecule has 0 fully saturated rings. The number of ether oxygens (including phenoxy) is 1. The summed E-state index contributed by atoms with van der Waals surface area (Å²) in [5.74, 6) is 0. The summed E-state index contributed by atoms with van der Waals surface area (Å²) in [5.41, 5.74) is 3.98. The molecule has 0 atom stereocenters. The Balaban J connectivity index is 0.000000771. The molecule has 1 aliphatic rings. The molecule has 2 rings (SSSR count). The van der Waals surface area contributed by atoms with Gasteiger partial charge in [0.2, 0.25) is 0 Å². The van der Waals surface area contributed by atoms with Crippen molar-refractivity contribution < 1.29 is 4.74 Å². The zero-order valence-corrected chi connectivity index (χ0v) is 12.4. The molecule has 0 unspecified atom stereocenters. The Hall–Kier alpha value is -1.22. The quantitative estimate of drug-likeness (QED) is 0.820. The molecule has 0 amide bonds. The molecule has 1 aromatic rings. The summed E-state index contributed by atoms with van der Waals surface area (Å²) in [6.45, 7) is 10.1. The van der Waals surface area contributed by atoms with Gasteiger partial charge in [-0.15, -0.1) is 0 Å². The Labute approximate surface area is 111 Å². The molecule has 0 radical (unpaired) electrons. The minimum absolute atomic E-state index is 0.789. The van der Waals surface area contributed by atoms with Crippen LogP contribution in [0.1, 0.15) is 19.4 Å². The van der Waals surface area contributed by atoms with E-state index in [1.54, 1.807) is 7.11 Å². The van der Waals surface area contributed by atoms with E-state index in [0.717, 1.165) is 26.2 Å². The average molecular weight is 250 g/mol. The number of rotatable bonds is 3. The van der Waals surface area contributed by atoms with Gasteiger partial charge in [-0.3, -0.25) is 0 Å². The van der Waals surface area contributed by atoms with Gasteiger partial charge in [-0.25, -0.2) is 0 Å². The minimum Gasteiger partial charge on any atom is -0.383 e. The summed E-state index contributed by atoms with van der Waals surface area (Å²) in [6.07, 6.45) is 0. The third-order valence-electron chi connectivity index (χ3n) is 3.15. The van der Waals surface area contributed by atoms with Crippen LogP contribution in [0.15, 0.2) is 18.2 Å². The molecule has 0 saturated carbocycles. The second-order valence-corrected chi connectivity index (χ2v) is 4.39. The minimum atomic E-state index is 0.789. The monoisotopic (exact) mass is 250 g/mol. The van der Waals surface area contributed by atoms with Gasteiger partial charge in [0.25, 0.3) is 0 Å². The normalized spacial score (nSPS) is 13.8. The van der Waals surface area contributed by atoms with E-state index in [4.69, 9.17) is 4.74 Å². The highest BCUT2D eigenvalue weighted by molar-refractivity contribution is 5.74. The lowest BCUT2D eigenvalue weighted by Gasteiger charge is -2.37. The second-order valence-electron chi connectivity index (χ2n) is 4.39. The van der Waals surface area contributed by atoms with Gasteiger partial charge in [0.15, 0.2) is 0 Å². The van der Waals surface area contributed by atoms with Crippen molar-refractivity contribution >= 4 is 11.4 Å². The van der Waals surface area contributed by atoms with Crippen molar-refractivity contribution in [3.05, 3.63) is 23.8 Å². The van der Waals surface area contributed by atoms with E-state index < -0.39 is 0 Å². The highest BCUT2D eigenvalue weighted by Crippen LogP contribution is 2.32. The highest BCUT2D eigenvalue weighted by atomic mass is 16.5. The molecule has 102 valence electrons. The molecular weight excluding hydrogens is 224 g/mol.